The largest absolute Gasteiger partial charge is 0.376 e. The standard InChI is InChI=1S/C21H22N4O5S3/c26-19-15(10-16-20(27)25(21(31)32-16)13-6-9-33(28,29)12-13)18(22-11-14-4-3-8-30-14)23-17-5-1-2-7-24(17)19/h1-2,5,7,10,13-14,22H,3-4,6,8-9,11-12H2/b16-10-. The Morgan fingerprint density at radius 1 is 1.30 bits per heavy atom. The van der Waals surface area contributed by atoms with Crippen LogP contribution in [0.5, 0.6) is 0 Å². The third kappa shape index (κ3) is 4.44. The Balaban J connectivity index is 1.51. The zero-order valence-electron chi connectivity index (χ0n) is 17.6. The van der Waals surface area contributed by atoms with Crippen molar-refractivity contribution < 1.29 is 17.9 Å². The predicted octanol–water partition coefficient (Wildman–Crippen LogP) is 1.67. The first kappa shape index (κ1) is 22.5. The van der Waals surface area contributed by atoms with Crippen molar-refractivity contribution in [3.8, 4) is 0 Å². The molecule has 5 heterocycles. The lowest BCUT2D eigenvalue weighted by molar-refractivity contribution is -0.123. The number of nitrogens with zero attached hydrogens (tertiary/aromatic N) is 3. The third-order valence-corrected chi connectivity index (χ3v) is 9.04. The van der Waals surface area contributed by atoms with Gasteiger partial charge in [0.15, 0.2) is 9.84 Å². The van der Waals surface area contributed by atoms with E-state index in [2.05, 4.69) is 10.3 Å². The molecule has 5 rings (SSSR count). The maximum Gasteiger partial charge on any atom is 0.267 e. The molecule has 3 aliphatic rings. The molecule has 12 heteroatoms. The number of anilines is 1. The van der Waals surface area contributed by atoms with Gasteiger partial charge in [-0.1, -0.05) is 30.0 Å². The SMILES string of the molecule is O=C1/C(=C/c2c(NCC3CCCO3)nc3ccccn3c2=O)SC(=S)N1C1CCS(=O)(=O)C1. The molecule has 3 fully saturated rings. The van der Waals surface area contributed by atoms with E-state index in [9.17, 15) is 18.0 Å². The number of carbonyl (C=O) groups is 1. The van der Waals surface area contributed by atoms with Crippen molar-refractivity contribution in [2.45, 2.75) is 31.4 Å². The van der Waals surface area contributed by atoms with Crippen molar-refractivity contribution in [1.82, 2.24) is 14.3 Å². The number of hydrogen-bond donors (Lipinski definition) is 1. The number of nitrogens with one attached hydrogen (secondary N) is 1. The molecule has 9 nitrogen and oxygen atoms in total. The molecule has 1 amide bonds. The van der Waals surface area contributed by atoms with E-state index in [1.165, 1.54) is 15.4 Å². The maximum absolute atomic E-state index is 13.3. The third-order valence-electron chi connectivity index (χ3n) is 5.96. The van der Waals surface area contributed by atoms with Crippen molar-refractivity contribution in [2.24, 2.45) is 0 Å². The van der Waals surface area contributed by atoms with Gasteiger partial charge in [-0.15, -0.1) is 0 Å². The fraction of sp³-hybridized carbons (Fsp3) is 0.429. The van der Waals surface area contributed by atoms with Gasteiger partial charge < -0.3 is 10.1 Å². The van der Waals surface area contributed by atoms with Crippen LogP contribution in [0.1, 0.15) is 24.8 Å². The lowest BCUT2D eigenvalue weighted by Gasteiger charge is -2.20. The molecular weight excluding hydrogens is 484 g/mol. The van der Waals surface area contributed by atoms with Gasteiger partial charge >= 0.3 is 0 Å². The smallest absolute Gasteiger partial charge is 0.267 e. The highest BCUT2D eigenvalue weighted by atomic mass is 32.2. The van der Waals surface area contributed by atoms with Crippen LogP contribution in [0, 0.1) is 0 Å². The molecule has 2 unspecified atom stereocenters. The molecule has 2 atom stereocenters. The second kappa shape index (κ2) is 8.82. The van der Waals surface area contributed by atoms with E-state index in [4.69, 9.17) is 17.0 Å². The number of aromatic nitrogens is 2. The Labute approximate surface area is 200 Å². The summed E-state index contributed by atoms with van der Waals surface area (Å²) in [6.45, 7) is 1.21. The van der Waals surface area contributed by atoms with E-state index >= 15 is 0 Å². The molecule has 0 aromatic carbocycles. The number of fused-ring (bicyclic) bond motifs is 1. The van der Waals surface area contributed by atoms with Crippen LogP contribution in [0.2, 0.25) is 0 Å². The molecule has 0 bridgehead atoms. The van der Waals surface area contributed by atoms with E-state index in [1.54, 1.807) is 24.4 Å². The fourth-order valence-electron chi connectivity index (χ4n) is 4.29. The first-order valence-electron chi connectivity index (χ1n) is 10.7. The molecule has 3 saturated heterocycles. The molecule has 2 aromatic heterocycles. The predicted molar refractivity (Wildman–Crippen MR) is 131 cm³/mol. The summed E-state index contributed by atoms with van der Waals surface area (Å²) in [7, 11) is -3.18. The lowest BCUT2D eigenvalue weighted by Crippen LogP contribution is -2.39. The van der Waals surface area contributed by atoms with Crippen LogP contribution < -0.4 is 10.9 Å². The average Bonchev–Trinajstić information content (AvgIpc) is 3.49. The summed E-state index contributed by atoms with van der Waals surface area (Å²) in [4.78, 5) is 32.7. The lowest BCUT2D eigenvalue weighted by atomic mass is 10.2. The highest BCUT2D eigenvalue weighted by molar-refractivity contribution is 8.26. The summed E-state index contributed by atoms with van der Waals surface area (Å²) in [6.07, 6.45) is 5.45. The van der Waals surface area contributed by atoms with E-state index in [-0.39, 0.29) is 39.5 Å². The number of thiocarbonyl (C=S) groups is 1. The van der Waals surface area contributed by atoms with Crippen molar-refractivity contribution in [3.63, 3.8) is 0 Å². The van der Waals surface area contributed by atoms with Gasteiger partial charge in [-0.05, 0) is 37.5 Å². The second-order valence-electron chi connectivity index (χ2n) is 8.23. The first-order chi connectivity index (χ1) is 15.8. The van der Waals surface area contributed by atoms with E-state index in [0.717, 1.165) is 24.6 Å². The van der Waals surface area contributed by atoms with Crippen LogP contribution in [0.15, 0.2) is 34.1 Å². The number of hydrogen-bond acceptors (Lipinski definition) is 9. The van der Waals surface area contributed by atoms with Gasteiger partial charge in [0.25, 0.3) is 11.5 Å². The average molecular weight is 507 g/mol. The van der Waals surface area contributed by atoms with Crippen molar-refractivity contribution in [3.05, 3.63) is 45.2 Å². The summed E-state index contributed by atoms with van der Waals surface area (Å²) in [6, 6.07) is 4.80. The van der Waals surface area contributed by atoms with Gasteiger partial charge in [-0.25, -0.2) is 13.4 Å². The number of rotatable bonds is 5. The van der Waals surface area contributed by atoms with Gasteiger partial charge in [0.2, 0.25) is 0 Å². The Morgan fingerprint density at radius 3 is 2.88 bits per heavy atom. The van der Waals surface area contributed by atoms with Gasteiger partial charge in [0, 0.05) is 19.3 Å². The van der Waals surface area contributed by atoms with Gasteiger partial charge in [0.05, 0.1) is 34.1 Å². The quantitative estimate of drug-likeness (QED) is 0.478. The molecule has 33 heavy (non-hydrogen) atoms. The second-order valence-corrected chi connectivity index (χ2v) is 12.1. The summed E-state index contributed by atoms with van der Waals surface area (Å²) in [5.74, 6) is -0.0626. The van der Waals surface area contributed by atoms with Crippen LogP contribution in [0.25, 0.3) is 11.7 Å². The number of ether oxygens (including phenoxy) is 1. The summed E-state index contributed by atoms with van der Waals surface area (Å²) < 4.78 is 31.2. The van der Waals surface area contributed by atoms with Gasteiger partial charge in [-0.3, -0.25) is 18.9 Å². The topological polar surface area (TPSA) is 110 Å². The number of thioether (sulfide) groups is 1. The van der Waals surface area contributed by atoms with Crippen molar-refractivity contribution in [2.75, 3.05) is 30.0 Å². The summed E-state index contributed by atoms with van der Waals surface area (Å²) in [5, 5.41) is 3.22. The van der Waals surface area contributed by atoms with Crippen molar-refractivity contribution in [1.29, 1.82) is 0 Å². The summed E-state index contributed by atoms with van der Waals surface area (Å²) >= 11 is 6.47. The Hall–Kier alpha value is -2.28. The minimum Gasteiger partial charge on any atom is -0.376 e. The zero-order valence-corrected chi connectivity index (χ0v) is 20.0. The van der Waals surface area contributed by atoms with Gasteiger partial charge in [-0.2, -0.15) is 0 Å². The van der Waals surface area contributed by atoms with Crippen LogP contribution >= 0.6 is 24.0 Å². The number of sulfone groups is 1. The number of carbonyl (C=O) groups excluding carboxylic acids is 1. The minimum absolute atomic E-state index is 0.0383. The zero-order chi connectivity index (χ0) is 23.2. The van der Waals surface area contributed by atoms with E-state index in [1.807, 2.05) is 0 Å². The minimum atomic E-state index is -3.18. The van der Waals surface area contributed by atoms with E-state index < -0.39 is 15.9 Å². The Kier molecular flexibility index (Phi) is 6.02. The molecule has 2 aromatic rings. The molecule has 174 valence electrons. The van der Waals surface area contributed by atoms with E-state index in [0.29, 0.717) is 35.4 Å². The molecular formula is C21H22N4O5S3. The van der Waals surface area contributed by atoms with Crippen LogP contribution in [0.3, 0.4) is 0 Å². The van der Waals surface area contributed by atoms with Gasteiger partial charge in [0.1, 0.15) is 15.8 Å². The van der Waals surface area contributed by atoms with Crippen LogP contribution in [-0.4, -0.2) is 69.7 Å². The number of amides is 1. The normalized spacial score (nSPS) is 26.1. The molecule has 0 radical (unpaired) electrons. The molecule has 0 aliphatic carbocycles. The fourth-order valence-corrected chi connectivity index (χ4v) is 7.37. The number of pyridine rings is 1. The Morgan fingerprint density at radius 2 is 2.15 bits per heavy atom. The maximum atomic E-state index is 13.3. The highest BCUT2D eigenvalue weighted by Crippen LogP contribution is 2.36. The summed E-state index contributed by atoms with van der Waals surface area (Å²) in [5.41, 5.74) is 0.415. The molecule has 1 N–H and O–H groups in total. The molecule has 0 spiro atoms. The molecule has 0 saturated carbocycles. The first-order valence-corrected chi connectivity index (χ1v) is 13.7. The highest BCUT2D eigenvalue weighted by Gasteiger charge is 2.42. The molecule has 3 aliphatic heterocycles. The monoisotopic (exact) mass is 506 g/mol. The van der Waals surface area contributed by atoms with Crippen LogP contribution in [-0.2, 0) is 19.4 Å². The Bertz CT molecular complexity index is 1330. The van der Waals surface area contributed by atoms with Crippen molar-refractivity contribution >= 4 is 61.6 Å². The van der Waals surface area contributed by atoms with Crippen LogP contribution in [0.4, 0.5) is 5.82 Å².